The van der Waals surface area contributed by atoms with E-state index in [-0.39, 0.29) is 17.7 Å². The number of ether oxygens (including phenoxy) is 2. The van der Waals surface area contributed by atoms with Crippen molar-refractivity contribution in [3.05, 3.63) is 38.7 Å². The van der Waals surface area contributed by atoms with Gasteiger partial charge in [-0.2, -0.15) is 0 Å². The Bertz CT molecular complexity index is 688. The highest BCUT2D eigenvalue weighted by Gasteiger charge is 2.19. The fourth-order valence-electron chi connectivity index (χ4n) is 2.42. The Morgan fingerprint density at radius 2 is 2.19 bits per heavy atom. The summed E-state index contributed by atoms with van der Waals surface area (Å²) in [4.78, 5) is 18.6. The lowest BCUT2D eigenvalue weighted by molar-refractivity contribution is -0.137. The van der Waals surface area contributed by atoms with Gasteiger partial charge in [0.05, 0.1) is 31.9 Å². The van der Waals surface area contributed by atoms with Gasteiger partial charge in [-0.05, 0) is 47.7 Å². The standard InChI is InChI=1S/C18H22FIN2O4/c1-2-26-18(24)15(12-21-5-6-22-7-9-25-10-8-22)17(23)14-11-13(20)3-4-16(14)19/h3-4,11-12,23H,2,5-10H2,1H3. The van der Waals surface area contributed by atoms with Gasteiger partial charge in [0.1, 0.15) is 17.1 Å². The van der Waals surface area contributed by atoms with Crippen LogP contribution in [0.25, 0.3) is 5.76 Å². The van der Waals surface area contributed by atoms with Crippen molar-refractivity contribution >= 4 is 40.5 Å². The summed E-state index contributed by atoms with van der Waals surface area (Å²) in [5.41, 5.74) is -0.214. The second-order valence-electron chi connectivity index (χ2n) is 5.60. The summed E-state index contributed by atoms with van der Waals surface area (Å²) >= 11 is 2.01. The van der Waals surface area contributed by atoms with Gasteiger partial charge >= 0.3 is 5.97 Å². The van der Waals surface area contributed by atoms with Crippen LogP contribution in [0.3, 0.4) is 0 Å². The van der Waals surface area contributed by atoms with E-state index >= 15 is 0 Å². The van der Waals surface area contributed by atoms with Crippen molar-refractivity contribution < 1.29 is 23.8 Å². The largest absolute Gasteiger partial charge is 0.506 e. The van der Waals surface area contributed by atoms with E-state index in [4.69, 9.17) is 9.47 Å². The minimum Gasteiger partial charge on any atom is -0.506 e. The number of esters is 1. The smallest absolute Gasteiger partial charge is 0.343 e. The summed E-state index contributed by atoms with van der Waals surface area (Å²) < 4.78 is 25.0. The summed E-state index contributed by atoms with van der Waals surface area (Å²) in [7, 11) is 0. The Morgan fingerprint density at radius 1 is 1.46 bits per heavy atom. The molecule has 0 radical (unpaired) electrons. The zero-order chi connectivity index (χ0) is 18.9. The second kappa shape index (κ2) is 10.6. The third-order valence-electron chi connectivity index (χ3n) is 3.80. The Labute approximate surface area is 165 Å². The molecule has 1 N–H and O–H groups in total. The van der Waals surface area contributed by atoms with E-state index in [1.807, 2.05) is 22.6 Å². The molecule has 2 rings (SSSR count). The highest BCUT2D eigenvalue weighted by Crippen LogP contribution is 2.22. The summed E-state index contributed by atoms with van der Waals surface area (Å²) in [5.74, 6) is -1.83. The van der Waals surface area contributed by atoms with Crippen molar-refractivity contribution in [2.24, 2.45) is 4.99 Å². The summed E-state index contributed by atoms with van der Waals surface area (Å²) in [6.45, 7) is 6.05. The van der Waals surface area contributed by atoms with Crippen molar-refractivity contribution in [1.82, 2.24) is 4.90 Å². The maximum atomic E-state index is 14.0. The monoisotopic (exact) mass is 476 g/mol. The fraction of sp³-hybridized carbons (Fsp3) is 0.444. The topological polar surface area (TPSA) is 71.4 Å². The highest BCUT2D eigenvalue weighted by atomic mass is 127. The number of hydrogen-bond acceptors (Lipinski definition) is 6. The first-order valence-electron chi connectivity index (χ1n) is 8.38. The number of benzene rings is 1. The molecule has 1 aliphatic rings. The van der Waals surface area contributed by atoms with Crippen LogP contribution >= 0.6 is 22.6 Å². The molecule has 0 aromatic heterocycles. The van der Waals surface area contributed by atoms with E-state index in [9.17, 15) is 14.3 Å². The van der Waals surface area contributed by atoms with Crippen LogP contribution in [0.5, 0.6) is 0 Å². The molecule has 142 valence electrons. The average molecular weight is 476 g/mol. The molecule has 1 aromatic rings. The molecule has 6 nitrogen and oxygen atoms in total. The molecule has 1 fully saturated rings. The lowest BCUT2D eigenvalue weighted by atomic mass is 10.1. The molecule has 0 amide bonds. The molecular weight excluding hydrogens is 454 g/mol. The number of hydrogen-bond donors (Lipinski definition) is 1. The summed E-state index contributed by atoms with van der Waals surface area (Å²) in [5, 5.41) is 10.4. The number of aliphatic imine (C=N–C) groups is 1. The maximum absolute atomic E-state index is 14.0. The first-order chi connectivity index (χ1) is 12.5. The van der Waals surface area contributed by atoms with Gasteiger partial charge in [-0.1, -0.05) is 0 Å². The minimum atomic E-state index is -0.738. The predicted octanol–water partition coefficient (Wildman–Crippen LogP) is 2.67. The van der Waals surface area contributed by atoms with Crippen LogP contribution in [0, 0.1) is 9.39 Å². The quantitative estimate of drug-likeness (QED) is 0.216. The SMILES string of the molecule is CCOC(=O)C(C=NCCN1CCOCC1)=C(O)c1cc(I)ccc1F. The number of rotatable bonds is 7. The maximum Gasteiger partial charge on any atom is 0.343 e. The lowest BCUT2D eigenvalue weighted by Gasteiger charge is -2.25. The minimum absolute atomic E-state index is 0.0559. The predicted molar refractivity (Wildman–Crippen MR) is 106 cm³/mol. The van der Waals surface area contributed by atoms with Gasteiger partial charge in [0, 0.05) is 29.4 Å². The Kier molecular flexibility index (Phi) is 8.46. The zero-order valence-electron chi connectivity index (χ0n) is 14.6. The van der Waals surface area contributed by atoms with Gasteiger partial charge < -0.3 is 14.6 Å². The van der Waals surface area contributed by atoms with Crippen LogP contribution in [-0.4, -0.2) is 68.2 Å². The van der Waals surface area contributed by atoms with Crippen molar-refractivity contribution in [1.29, 1.82) is 0 Å². The normalized spacial score (nSPS) is 16.6. The van der Waals surface area contributed by atoms with Crippen molar-refractivity contribution in [2.75, 3.05) is 46.0 Å². The average Bonchev–Trinajstić information content (AvgIpc) is 2.64. The number of carbonyl (C=O) groups excluding carboxylic acids is 1. The molecule has 1 aliphatic heterocycles. The molecule has 8 heteroatoms. The molecule has 0 atom stereocenters. The van der Waals surface area contributed by atoms with Gasteiger partial charge in [-0.3, -0.25) is 9.89 Å². The lowest BCUT2D eigenvalue weighted by Crippen LogP contribution is -2.37. The van der Waals surface area contributed by atoms with Crippen molar-refractivity contribution in [3.63, 3.8) is 0 Å². The highest BCUT2D eigenvalue weighted by molar-refractivity contribution is 14.1. The molecule has 1 heterocycles. The van der Waals surface area contributed by atoms with Gasteiger partial charge in [0.15, 0.2) is 0 Å². The van der Waals surface area contributed by atoms with E-state index in [0.29, 0.717) is 26.3 Å². The molecule has 0 saturated carbocycles. The van der Waals surface area contributed by atoms with Crippen LogP contribution in [0.1, 0.15) is 12.5 Å². The molecule has 0 bridgehead atoms. The van der Waals surface area contributed by atoms with Crippen LogP contribution in [-0.2, 0) is 14.3 Å². The van der Waals surface area contributed by atoms with E-state index in [1.54, 1.807) is 13.0 Å². The van der Waals surface area contributed by atoms with Crippen molar-refractivity contribution in [3.8, 4) is 0 Å². The van der Waals surface area contributed by atoms with Gasteiger partial charge in [-0.25, -0.2) is 9.18 Å². The van der Waals surface area contributed by atoms with Gasteiger partial charge in [-0.15, -0.1) is 0 Å². The molecule has 1 aromatic carbocycles. The number of nitrogens with zero attached hydrogens (tertiary/aromatic N) is 2. The molecule has 0 aliphatic carbocycles. The summed E-state index contributed by atoms with van der Waals surface area (Å²) in [6, 6.07) is 4.28. The van der Waals surface area contributed by atoms with Crippen molar-refractivity contribution in [2.45, 2.75) is 6.92 Å². The molecule has 1 saturated heterocycles. The van der Waals surface area contributed by atoms with Crippen LogP contribution in [0.2, 0.25) is 0 Å². The number of aliphatic hydroxyl groups excluding tert-OH is 1. The first kappa shape index (κ1) is 20.8. The number of halogens is 2. The Morgan fingerprint density at radius 3 is 2.88 bits per heavy atom. The van der Waals surface area contributed by atoms with Crippen LogP contribution < -0.4 is 0 Å². The van der Waals surface area contributed by atoms with Crippen LogP contribution in [0.15, 0.2) is 28.8 Å². The fourth-order valence-corrected chi connectivity index (χ4v) is 2.91. The molecular formula is C18H22FIN2O4. The Hall–Kier alpha value is -1.52. The molecule has 0 spiro atoms. The summed E-state index contributed by atoms with van der Waals surface area (Å²) in [6.07, 6.45) is 1.26. The molecule has 0 unspecified atom stereocenters. The number of aliphatic hydroxyl groups is 1. The van der Waals surface area contributed by atoms with Gasteiger partial charge in [0.25, 0.3) is 0 Å². The zero-order valence-corrected chi connectivity index (χ0v) is 16.7. The van der Waals surface area contributed by atoms with E-state index in [1.165, 1.54) is 18.3 Å². The number of carbonyl (C=O) groups is 1. The number of morpholine rings is 1. The second-order valence-corrected chi connectivity index (χ2v) is 6.84. The Balaban J connectivity index is 2.17. The van der Waals surface area contributed by atoms with E-state index in [0.717, 1.165) is 16.7 Å². The third kappa shape index (κ3) is 6.03. The van der Waals surface area contributed by atoms with Gasteiger partial charge in [0.2, 0.25) is 0 Å². The first-order valence-corrected chi connectivity index (χ1v) is 9.46. The third-order valence-corrected chi connectivity index (χ3v) is 4.47. The van der Waals surface area contributed by atoms with E-state index in [2.05, 4.69) is 9.89 Å². The molecule has 26 heavy (non-hydrogen) atoms. The van der Waals surface area contributed by atoms with E-state index < -0.39 is 17.5 Å². The van der Waals surface area contributed by atoms with Crippen LogP contribution in [0.4, 0.5) is 4.39 Å².